The minimum atomic E-state index is -0.553. The number of aromatic nitrogens is 4. The van der Waals surface area contributed by atoms with Crippen LogP contribution in [0, 0.1) is 19.8 Å². The van der Waals surface area contributed by atoms with Gasteiger partial charge in [0, 0.05) is 31.4 Å². The first kappa shape index (κ1) is 21.9. The van der Waals surface area contributed by atoms with E-state index in [0.29, 0.717) is 29.2 Å². The topological polar surface area (TPSA) is 82.1 Å². The molecule has 1 aliphatic heterocycles. The first-order valence-corrected chi connectivity index (χ1v) is 11.4. The van der Waals surface area contributed by atoms with Crippen LogP contribution in [0.4, 0.5) is 11.6 Å². The van der Waals surface area contributed by atoms with Crippen LogP contribution in [-0.2, 0) is 20.1 Å². The molecule has 0 saturated carbocycles. The highest BCUT2D eigenvalue weighted by Crippen LogP contribution is 2.33. The lowest BCUT2D eigenvalue weighted by molar-refractivity contribution is 0.0969. The molecular formula is C26H27N5O3. The highest BCUT2D eigenvalue weighted by molar-refractivity contribution is 5.96. The molecule has 3 heterocycles. The third-order valence-corrected chi connectivity index (χ3v) is 6.36. The van der Waals surface area contributed by atoms with Gasteiger partial charge in [-0.25, -0.2) is 4.79 Å². The van der Waals surface area contributed by atoms with Crippen LogP contribution in [0.25, 0.3) is 11.2 Å². The van der Waals surface area contributed by atoms with Gasteiger partial charge in [-0.1, -0.05) is 43.3 Å². The molecule has 0 radical (unpaired) electrons. The summed E-state index contributed by atoms with van der Waals surface area (Å²) < 4.78 is 4.28. The number of carbonyl (C=O) groups excluding carboxylic acids is 1. The van der Waals surface area contributed by atoms with Gasteiger partial charge in [-0.2, -0.15) is 4.98 Å². The second kappa shape index (κ2) is 8.13. The normalized spacial score (nSPS) is 15.5. The molecule has 0 saturated heterocycles. The summed E-state index contributed by atoms with van der Waals surface area (Å²) in [6, 6.07) is 15.0. The number of Topliss-reactive ketones (excluding diaryl/α,β-unsaturated/α-hetero) is 1. The Labute approximate surface area is 196 Å². The maximum atomic E-state index is 13.6. The molecule has 8 heteroatoms. The van der Waals surface area contributed by atoms with E-state index in [2.05, 4.69) is 43.9 Å². The molecule has 1 aliphatic rings. The lowest BCUT2D eigenvalue weighted by Crippen LogP contribution is -2.42. The van der Waals surface area contributed by atoms with Crippen molar-refractivity contribution >= 4 is 28.6 Å². The van der Waals surface area contributed by atoms with Crippen LogP contribution in [0.1, 0.15) is 28.4 Å². The molecule has 0 unspecified atom stereocenters. The van der Waals surface area contributed by atoms with Gasteiger partial charge in [0.05, 0.1) is 6.54 Å². The summed E-state index contributed by atoms with van der Waals surface area (Å²) >= 11 is 0. The number of hydrogen-bond acceptors (Lipinski definition) is 5. The average molecular weight is 458 g/mol. The van der Waals surface area contributed by atoms with Crippen LogP contribution in [0.3, 0.4) is 0 Å². The van der Waals surface area contributed by atoms with Crippen molar-refractivity contribution < 1.29 is 4.79 Å². The van der Waals surface area contributed by atoms with Gasteiger partial charge in [0.25, 0.3) is 5.56 Å². The van der Waals surface area contributed by atoms with Gasteiger partial charge in [-0.3, -0.25) is 18.7 Å². The maximum Gasteiger partial charge on any atom is 0.332 e. The Morgan fingerprint density at radius 3 is 2.38 bits per heavy atom. The van der Waals surface area contributed by atoms with E-state index in [1.165, 1.54) is 4.57 Å². The Morgan fingerprint density at radius 2 is 1.71 bits per heavy atom. The van der Waals surface area contributed by atoms with Crippen molar-refractivity contribution in [3.8, 4) is 0 Å². The quantitative estimate of drug-likeness (QED) is 0.440. The second-order valence-electron chi connectivity index (χ2n) is 9.28. The van der Waals surface area contributed by atoms with E-state index in [1.807, 2.05) is 10.6 Å². The van der Waals surface area contributed by atoms with E-state index >= 15 is 0 Å². The van der Waals surface area contributed by atoms with Crippen molar-refractivity contribution in [3.63, 3.8) is 0 Å². The van der Waals surface area contributed by atoms with Crippen LogP contribution in [0.15, 0.2) is 58.1 Å². The Hall–Kier alpha value is -3.94. The summed E-state index contributed by atoms with van der Waals surface area (Å²) in [6.45, 7) is 7.28. The van der Waals surface area contributed by atoms with Crippen molar-refractivity contribution in [1.82, 2.24) is 18.7 Å². The molecule has 2 aromatic heterocycles. The monoisotopic (exact) mass is 457 g/mol. The molecule has 0 spiro atoms. The molecule has 174 valence electrons. The first-order valence-electron chi connectivity index (χ1n) is 11.4. The van der Waals surface area contributed by atoms with E-state index in [-0.39, 0.29) is 18.2 Å². The molecule has 2 aromatic carbocycles. The first-order chi connectivity index (χ1) is 16.2. The summed E-state index contributed by atoms with van der Waals surface area (Å²) in [5.74, 6) is 0.599. The molecule has 0 amide bonds. The molecule has 1 atom stereocenters. The SMILES string of the molecule is Cc1cc(C)cc(N2C[C@@H](C)Cn3c2nc2c3c(=O)n(CC(=O)c3ccccc3)c(=O)n2C)c1. The number of fused-ring (bicyclic) bond motifs is 3. The molecule has 0 bridgehead atoms. The van der Waals surface area contributed by atoms with E-state index in [0.717, 1.165) is 27.9 Å². The Bertz CT molecular complexity index is 1520. The number of nitrogens with zero attached hydrogens (tertiary/aromatic N) is 5. The zero-order chi connectivity index (χ0) is 24.1. The minimum Gasteiger partial charge on any atom is -0.312 e. The van der Waals surface area contributed by atoms with Crippen LogP contribution >= 0.6 is 0 Å². The minimum absolute atomic E-state index is 0.252. The molecule has 0 fully saturated rings. The summed E-state index contributed by atoms with van der Waals surface area (Å²) in [5, 5.41) is 0. The fourth-order valence-electron chi connectivity index (χ4n) is 4.83. The van der Waals surface area contributed by atoms with Crippen molar-refractivity contribution in [2.24, 2.45) is 13.0 Å². The highest BCUT2D eigenvalue weighted by Gasteiger charge is 2.30. The van der Waals surface area contributed by atoms with Gasteiger partial charge >= 0.3 is 5.69 Å². The predicted octanol–water partition coefficient (Wildman–Crippen LogP) is 3.18. The van der Waals surface area contributed by atoms with Crippen LogP contribution in [-0.4, -0.2) is 31.0 Å². The molecule has 0 aliphatic carbocycles. The van der Waals surface area contributed by atoms with Crippen molar-refractivity contribution in [1.29, 1.82) is 0 Å². The van der Waals surface area contributed by atoms with Crippen molar-refractivity contribution in [2.75, 3.05) is 11.4 Å². The third kappa shape index (κ3) is 3.55. The summed E-state index contributed by atoms with van der Waals surface area (Å²) in [6.07, 6.45) is 0. The van der Waals surface area contributed by atoms with E-state index in [9.17, 15) is 14.4 Å². The van der Waals surface area contributed by atoms with E-state index < -0.39 is 11.2 Å². The molecule has 8 nitrogen and oxygen atoms in total. The van der Waals surface area contributed by atoms with Crippen molar-refractivity contribution in [3.05, 3.63) is 86.1 Å². The zero-order valence-electron chi connectivity index (χ0n) is 19.8. The number of aryl methyl sites for hydroxylation is 3. The summed E-state index contributed by atoms with van der Waals surface area (Å²) in [4.78, 5) is 46.4. The summed E-state index contributed by atoms with van der Waals surface area (Å²) in [7, 11) is 1.59. The second-order valence-corrected chi connectivity index (χ2v) is 9.28. The van der Waals surface area contributed by atoms with Gasteiger partial charge in [0.2, 0.25) is 5.95 Å². The van der Waals surface area contributed by atoms with Gasteiger partial charge in [0.1, 0.15) is 0 Å². The lowest BCUT2D eigenvalue weighted by Gasteiger charge is -2.33. The molecule has 34 heavy (non-hydrogen) atoms. The molecule has 4 aromatic rings. The Kier molecular flexibility index (Phi) is 5.23. The standard InChI is InChI=1S/C26H27N5O3/c1-16-10-17(2)12-20(11-16)29-13-18(3)14-30-22-23(27-25(29)30)28(4)26(34)31(24(22)33)15-21(32)19-8-6-5-7-9-19/h5-12,18H,13-15H2,1-4H3/t18-/m1/s1. The number of hydrogen-bond donors (Lipinski definition) is 0. The highest BCUT2D eigenvalue weighted by atomic mass is 16.2. The number of carbonyl (C=O) groups is 1. The smallest absolute Gasteiger partial charge is 0.312 e. The fourth-order valence-corrected chi connectivity index (χ4v) is 4.83. The van der Waals surface area contributed by atoms with Gasteiger partial charge in [-0.05, 0) is 43.0 Å². The Balaban J connectivity index is 1.69. The third-order valence-electron chi connectivity index (χ3n) is 6.36. The predicted molar refractivity (Wildman–Crippen MR) is 132 cm³/mol. The largest absolute Gasteiger partial charge is 0.332 e. The number of rotatable bonds is 4. The van der Waals surface area contributed by atoms with E-state index in [4.69, 9.17) is 4.98 Å². The lowest BCUT2D eigenvalue weighted by atomic mass is 10.1. The van der Waals surface area contributed by atoms with Crippen LogP contribution in [0.2, 0.25) is 0 Å². The summed E-state index contributed by atoms with van der Waals surface area (Å²) in [5.41, 5.74) is 3.39. The van der Waals surface area contributed by atoms with Crippen LogP contribution < -0.4 is 16.1 Å². The fraction of sp³-hybridized carbons (Fsp3) is 0.308. The maximum absolute atomic E-state index is 13.6. The molecular weight excluding hydrogens is 430 g/mol. The van der Waals surface area contributed by atoms with Gasteiger partial charge in [0.15, 0.2) is 16.9 Å². The van der Waals surface area contributed by atoms with Crippen LogP contribution in [0.5, 0.6) is 0 Å². The number of anilines is 2. The van der Waals surface area contributed by atoms with Gasteiger partial charge in [-0.15, -0.1) is 0 Å². The Morgan fingerprint density at radius 1 is 1.03 bits per heavy atom. The zero-order valence-corrected chi connectivity index (χ0v) is 19.8. The number of ketones is 1. The van der Waals surface area contributed by atoms with Gasteiger partial charge < -0.3 is 9.47 Å². The number of imidazole rings is 1. The molecule has 0 N–H and O–H groups in total. The molecule has 5 rings (SSSR count). The van der Waals surface area contributed by atoms with E-state index in [1.54, 1.807) is 31.3 Å². The average Bonchev–Trinajstić information content (AvgIpc) is 3.19. The van der Waals surface area contributed by atoms with Crippen molar-refractivity contribution in [2.45, 2.75) is 33.9 Å². The number of benzene rings is 2.